The lowest BCUT2D eigenvalue weighted by Crippen LogP contribution is -2.41. The first-order valence-electron chi connectivity index (χ1n) is 14.9. The number of carbonyl (C=O) groups excluding carboxylic acids is 3. The summed E-state index contributed by atoms with van der Waals surface area (Å²) >= 11 is 0. The Morgan fingerprint density at radius 1 is 0.660 bits per heavy atom. The highest BCUT2D eigenvalue weighted by Crippen LogP contribution is 2.42. The second-order valence-corrected chi connectivity index (χ2v) is 13.9. The summed E-state index contributed by atoms with van der Waals surface area (Å²) in [5.41, 5.74) is -8.04. The summed E-state index contributed by atoms with van der Waals surface area (Å²) in [6.45, 7) is 13.5. The predicted molar refractivity (Wildman–Crippen MR) is 159 cm³/mol. The van der Waals surface area contributed by atoms with Crippen molar-refractivity contribution in [1.29, 1.82) is 0 Å². The Balaban J connectivity index is 1.62. The van der Waals surface area contributed by atoms with Crippen LogP contribution in [0.2, 0.25) is 0 Å². The van der Waals surface area contributed by atoms with Gasteiger partial charge in [-0.25, -0.2) is 4.79 Å². The topological polar surface area (TPSA) is 101 Å². The lowest BCUT2D eigenvalue weighted by Gasteiger charge is -2.32. The molecule has 2 aromatic carbocycles. The van der Waals surface area contributed by atoms with E-state index in [9.17, 15) is 27.6 Å². The van der Waals surface area contributed by atoms with Gasteiger partial charge in [-0.2, -0.15) is 22.0 Å². The van der Waals surface area contributed by atoms with Gasteiger partial charge in [-0.05, 0) is 84.5 Å². The van der Waals surface area contributed by atoms with Gasteiger partial charge in [0, 0.05) is 24.0 Å². The van der Waals surface area contributed by atoms with E-state index in [2.05, 4.69) is 0 Å². The highest BCUT2D eigenvalue weighted by atomic mass is 19.4. The molecule has 3 aliphatic heterocycles. The van der Waals surface area contributed by atoms with E-state index in [0.29, 0.717) is 12.1 Å². The maximum atomic E-state index is 16.6. The standard InChI is InChI=1S/C31H34B2F5NO8/c1-26(2)27(3,4)45-32(44-26)21-12-17(25(42)43-39-23(40)9-10-24(39)41)11-18(14-21)30(34,35)19-13-20(31(36,37)38)16-22(15-19)33-46-28(5,6)29(7,8)47-33/h11-16H,9-10H2,1-8H3. The monoisotopic (exact) mass is 665 g/mol. The molecule has 0 unspecified atom stereocenters. The first kappa shape index (κ1) is 35.0. The van der Waals surface area contributed by atoms with Crippen molar-refractivity contribution in [2.24, 2.45) is 0 Å². The van der Waals surface area contributed by atoms with Crippen molar-refractivity contribution in [2.75, 3.05) is 0 Å². The van der Waals surface area contributed by atoms with Gasteiger partial charge in [-0.15, -0.1) is 5.06 Å². The molecule has 0 spiro atoms. The highest BCUT2D eigenvalue weighted by molar-refractivity contribution is 6.62. The van der Waals surface area contributed by atoms with Crippen molar-refractivity contribution in [3.63, 3.8) is 0 Å². The van der Waals surface area contributed by atoms with Gasteiger partial charge in [0.15, 0.2) is 0 Å². The number of imide groups is 1. The molecule has 3 saturated heterocycles. The summed E-state index contributed by atoms with van der Waals surface area (Å²) < 4.78 is 99.1. The third kappa shape index (κ3) is 6.32. The number of amides is 2. The second kappa shape index (κ2) is 11.1. The second-order valence-electron chi connectivity index (χ2n) is 13.9. The summed E-state index contributed by atoms with van der Waals surface area (Å²) in [5, 5.41) is 0.255. The summed E-state index contributed by atoms with van der Waals surface area (Å²) in [6, 6.07) is 4.68. The lowest BCUT2D eigenvalue weighted by molar-refractivity contribution is -0.172. The SMILES string of the molecule is CC1(C)OB(c2cc(C(=O)ON3C(=O)CCC3=O)cc(C(F)(F)c3cc(B4OC(C)(C)C(C)(C)O4)cc(C(F)(F)F)c3)c2)OC1(C)C. The van der Waals surface area contributed by atoms with Crippen molar-refractivity contribution in [3.05, 3.63) is 58.7 Å². The molecular formula is C31H34B2F5NO8. The Kier molecular flexibility index (Phi) is 8.27. The summed E-state index contributed by atoms with van der Waals surface area (Å²) in [7, 11) is -2.67. The van der Waals surface area contributed by atoms with Crippen molar-refractivity contribution >= 4 is 42.9 Å². The van der Waals surface area contributed by atoms with Crippen LogP contribution >= 0.6 is 0 Å². The zero-order valence-corrected chi connectivity index (χ0v) is 27.1. The number of hydrogen-bond donors (Lipinski definition) is 0. The zero-order valence-electron chi connectivity index (χ0n) is 27.1. The van der Waals surface area contributed by atoms with Crippen molar-refractivity contribution < 1.29 is 59.8 Å². The Morgan fingerprint density at radius 2 is 1.04 bits per heavy atom. The Hall–Kier alpha value is -3.33. The van der Waals surface area contributed by atoms with E-state index in [-0.39, 0.29) is 28.8 Å². The Morgan fingerprint density at radius 3 is 1.47 bits per heavy atom. The van der Waals surface area contributed by atoms with Crippen LogP contribution in [0.1, 0.15) is 95.3 Å². The Labute approximate surface area is 269 Å². The normalized spacial score (nSPS) is 21.9. The summed E-state index contributed by atoms with van der Waals surface area (Å²) in [5.74, 6) is -7.08. The summed E-state index contributed by atoms with van der Waals surface area (Å²) in [6.07, 6.45) is -5.42. The minimum absolute atomic E-state index is 0.0787. The number of carbonyl (C=O) groups is 3. The fourth-order valence-electron chi connectivity index (χ4n) is 5.14. The average molecular weight is 665 g/mol. The van der Waals surface area contributed by atoms with E-state index in [1.165, 1.54) is 0 Å². The largest absolute Gasteiger partial charge is 0.494 e. The van der Waals surface area contributed by atoms with Crippen LogP contribution in [0.15, 0.2) is 36.4 Å². The molecule has 3 fully saturated rings. The third-order valence-electron chi connectivity index (χ3n) is 9.43. The van der Waals surface area contributed by atoms with Gasteiger partial charge < -0.3 is 23.5 Å². The number of alkyl halides is 5. The molecule has 3 aliphatic rings. The van der Waals surface area contributed by atoms with Crippen molar-refractivity contribution in [1.82, 2.24) is 5.06 Å². The molecule has 0 radical (unpaired) electrons. The fourth-order valence-corrected chi connectivity index (χ4v) is 5.14. The van der Waals surface area contributed by atoms with E-state index in [0.717, 1.165) is 24.3 Å². The molecular weight excluding hydrogens is 631 g/mol. The number of halogens is 5. The molecule has 9 nitrogen and oxygen atoms in total. The quantitative estimate of drug-likeness (QED) is 0.250. The molecule has 0 atom stereocenters. The summed E-state index contributed by atoms with van der Waals surface area (Å²) in [4.78, 5) is 42.3. The molecule has 5 rings (SSSR count). The number of benzene rings is 2. The molecule has 47 heavy (non-hydrogen) atoms. The van der Waals surface area contributed by atoms with E-state index in [1.54, 1.807) is 55.4 Å². The molecule has 2 amide bonds. The number of hydrogen-bond acceptors (Lipinski definition) is 8. The van der Waals surface area contributed by atoms with Gasteiger partial charge in [0.25, 0.3) is 17.7 Å². The van der Waals surface area contributed by atoms with Crippen LogP contribution in [0.5, 0.6) is 0 Å². The molecule has 252 valence electrons. The first-order chi connectivity index (χ1) is 21.3. The van der Waals surface area contributed by atoms with Crippen LogP contribution in [-0.2, 0) is 45.1 Å². The number of nitrogens with zero attached hydrogens (tertiary/aromatic N) is 1. The van der Waals surface area contributed by atoms with Gasteiger partial charge in [0.1, 0.15) is 0 Å². The molecule has 16 heteroatoms. The van der Waals surface area contributed by atoms with E-state index in [4.69, 9.17) is 23.5 Å². The minimum Gasteiger partial charge on any atom is -0.399 e. The van der Waals surface area contributed by atoms with Gasteiger partial charge in [0.05, 0.1) is 33.5 Å². The van der Waals surface area contributed by atoms with E-state index < -0.39 is 88.8 Å². The van der Waals surface area contributed by atoms with Crippen molar-refractivity contribution in [2.45, 2.75) is 103 Å². The third-order valence-corrected chi connectivity index (χ3v) is 9.43. The Bertz CT molecular complexity index is 1590. The fraction of sp³-hybridized carbons (Fsp3) is 0.516. The van der Waals surface area contributed by atoms with Crippen LogP contribution in [0, 0.1) is 0 Å². The predicted octanol–water partition coefficient (Wildman–Crippen LogP) is 4.66. The maximum absolute atomic E-state index is 16.6. The highest BCUT2D eigenvalue weighted by Gasteiger charge is 2.54. The van der Waals surface area contributed by atoms with Crippen molar-refractivity contribution in [3.8, 4) is 0 Å². The number of rotatable bonds is 6. The van der Waals surface area contributed by atoms with Crippen LogP contribution in [0.4, 0.5) is 22.0 Å². The molecule has 2 aromatic rings. The van der Waals surface area contributed by atoms with E-state index >= 15 is 8.78 Å². The number of hydroxylamine groups is 2. The average Bonchev–Trinajstić information content (AvgIpc) is 3.47. The minimum atomic E-state index is -5.02. The molecule has 0 N–H and O–H groups in total. The molecule has 3 heterocycles. The van der Waals surface area contributed by atoms with Gasteiger partial charge in [-0.3, -0.25) is 9.59 Å². The maximum Gasteiger partial charge on any atom is 0.494 e. The zero-order chi connectivity index (χ0) is 35.1. The van der Waals surface area contributed by atoms with Gasteiger partial charge >= 0.3 is 26.4 Å². The van der Waals surface area contributed by atoms with Gasteiger partial charge in [-0.1, -0.05) is 18.2 Å². The molecule has 0 aromatic heterocycles. The van der Waals surface area contributed by atoms with Gasteiger partial charge in [0.2, 0.25) is 0 Å². The van der Waals surface area contributed by atoms with Crippen LogP contribution < -0.4 is 10.9 Å². The van der Waals surface area contributed by atoms with Crippen LogP contribution in [0.3, 0.4) is 0 Å². The molecule has 0 aliphatic carbocycles. The molecule has 0 bridgehead atoms. The van der Waals surface area contributed by atoms with Crippen LogP contribution in [-0.4, -0.2) is 59.5 Å². The lowest BCUT2D eigenvalue weighted by atomic mass is 9.75. The first-order valence-corrected chi connectivity index (χ1v) is 14.9. The smallest absolute Gasteiger partial charge is 0.399 e. The van der Waals surface area contributed by atoms with Crippen LogP contribution in [0.25, 0.3) is 0 Å². The van der Waals surface area contributed by atoms with E-state index in [1.807, 2.05) is 0 Å². The molecule has 0 saturated carbocycles.